The lowest BCUT2D eigenvalue weighted by Crippen LogP contribution is -2.40. The zero-order chi connectivity index (χ0) is 21.8. The predicted octanol–water partition coefficient (Wildman–Crippen LogP) is 2.93. The third-order valence-corrected chi connectivity index (χ3v) is 7.76. The van der Waals surface area contributed by atoms with Crippen LogP contribution in [0.1, 0.15) is 30.0 Å². The molecule has 0 unspecified atom stereocenters. The Balaban J connectivity index is 1.37. The molecule has 2 aliphatic rings. The smallest absolute Gasteiger partial charge is 0.258 e. The zero-order valence-corrected chi connectivity index (χ0v) is 18.6. The number of fused-ring (bicyclic) bond motifs is 1. The number of rotatable bonds is 6. The van der Waals surface area contributed by atoms with Crippen LogP contribution in [-0.2, 0) is 26.0 Å². The van der Waals surface area contributed by atoms with Crippen molar-refractivity contribution in [3.63, 3.8) is 0 Å². The maximum Gasteiger partial charge on any atom is 0.258 e. The summed E-state index contributed by atoms with van der Waals surface area (Å²) in [4.78, 5) is 12.5. The lowest BCUT2D eigenvalue weighted by Gasteiger charge is -2.26. The number of nitrogens with one attached hydrogen (secondary N) is 1. The monoisotopic (exact) mass is 464 g/mol. The zero-order valence-electron chi connectivity index (χ0n) is 17.1. The number of nitrogens with zero attached hydrogens (tertiary/aromatic N) is 1. The van der Waals surface area contributed by atoms with Gasteiger partial charge in [-0.2, -0.15) is 4.31 Å². The molecule has 0 aromatic heterocycles. The van der Waals surface area contributed by atoms with E-state index in [9.17, 15) is 13.2 Å². The Labute approximate surface area is 187 Å². The number of ether oxygens (including phenoxy) is 2. The van der Waals surface area contributed by atoms with Crippen molar-refractivity contribution in [3.05, 3.63) is 58.6 Å². The van der Waals surface area contributed by atoms with E-state index in [1.807, 2.05) is 18.2 Å². The van der Waals surface area contributed by atoms with Gasteiger partial charge in [-0.3, -0.25) is 4.79 Å². The Morgan fingerprint density at radius 2 is 1.97 bits per heavy atom. The molecule has 1 N–H and O–H groups in total. The second kappa shape index (κ2) is 9.56. The van der Waals surface area contributed by atoms with Crippen molar-refractivity contribution in [1.29, 1.82) is 0 Å². The first kappa shape index (κ1) is 22.1. The number of aryl methyl sites for hydroxylation is 1. The van der Waals surface area contributed by atoms with Gasteiger partial charge in [0.1, 0.15) is 5.75 Å². The molecule has 0 bridgehead atoms. The summed E-state index contributed by atoms with van der Waals surface area (Å²) in [5.74, 6) is 0.0181. The fourth-order valence-electron chi connectivity index (χ4n) is 3.98. The highest BCUT2D eigenvalue weighted by Gasteiger charge is 2.27. The molecule has 31 heavy (non-hydrogen) atoms. The Morgan fingerprint density at radius 1 is 1.19 bits per heavy atom. The van der Waals surface area contributed by atoms with E-state index >= 15 is 0 Å². The second-order valence-electron chi connectivity index (χ2n) is 7.61. The number of sulfonamides is 1. The molecule has 1 amide bonds. The summed E-state index contributed by atoms with van der Waals surface area (Å²) in [6.45, 7) is 1.16. The van der Waals surface area contributed by atoms with Crippen LogP contribution in [0.3, 0.4) is 0 Å². The molecule has 2 aromatic rings. The largest absolute Gasteiger partial charge is 0.482 e. The molecule has 9 heteroatoms. The normalized spacial score (nSPS) is 19.5. The topological polar surface area (TPSA) is 84.9 Å². The number of amides is 1. The minimum atomic E-state index is -3.65. The van der Waals surface area contributed by atoms with Crippen molar-refractivity contribution >= 4 is 27.5 Å². The predicted molar refractivity (Wildman–Crippen MR) is 117 cm³/mol. The molecule has 7 nitrogen and oxygen atoms in total. The van der Waals surface area contributed by atoms with E-state index in [-0.39, 0.29) is 34.2 Å². The Morgan fingerprint density at radius 3 is 2.74 bits per heavy atom. The van der Waals surface area contributed by atoms with Crippen LogP contribution < -0.4 is 10.1 Å². The summed E-state index contributed by atoms with van der Waals surface area (Å²) >= 11 is 6.25. The summed E-state index contributed by atoms with van der Waals surface area (Å²) < 4.78 is 37.6. The number of hydrogen-bond donors (Lipinski definition) is 1. The van der Waals surface area contributed by atoms with E-state index in [0.717, 1.165) is 24.8 Å². The van der Waals surface area contributed by atoms with E-state index in [4.69, 9.17) is 21.1 Å². The van der Waals surface area contributed by atoms with Gasteiger partial charge in [0.05, 0.1) is 29.2 Å². The number of carbonyl (C=O) groups is 1. The first-order valence-electron chi connectivity index (χ1n) is 10.3. The first-order chi connectivity index (χ1) is 14.9. The summed E-state index contributed by atoms with van der Waals surface area (Å²) in [5.41, 5.74) is 2.41. The highest BCUT2D eigenvalue weighted by Crippen LogP contribution is 2.30. The van der Waals surface area contributed by atoms with E-state index in [2.05, 4.69) is 11.4 Å². The van der Waals surface area contributed by atoms with Crippen LogP contribution >= 0.6 is 11.6 Å². The van der Waals surface area contributed by atoms with Crippen LogP contribution in [-0.4, -0.2) is 51.5 Å². The van der Waals surface area contributed by atoms with Crippen LogP contribution in [0.25, 0.3) is 0 Å². The summed E-state index contributed by atoms with van der Waals surface area (Å²) in [6, 6.07) is 12.4. The molecule has 1 atom stereocenters. The molecule has 0 spiro atoms. The van der Waals surface area contributed by atoms with E-state index in [1.54, 1.807) is 0 Å². The molecule has 1 heterocycles. The van der Waals surface area contributed by atoms with Crippen molar-refractivity contribution in [3.8, 4) is 5.75 Å². The molecule has 0 radical (unpaired) electrons. The second-order valence-corrected chi connectivity index (χ2v) is 9.95. The van der Waals surface area contributed by atoms with Gasteiger partial charge in [-0.1, -0.05) is 35.9 Å². The molecule has 1 saturated heterocycles. The number of hydrogen-bond acceptors (Lipinski definition) is 5. The standard InChI is InChI=1S/C22H25ClN2O5S/c23-19-14-17(31(27,28)25-10-12-29-13-11-25)8-9-21(19)30-15-22(26)24-20-7-3-5-16-4-1-2-6-18(16)20/h1-2,4,6,8-9,14,20H,3,5,7,10-13,15H2,(H,24,26)/t20-/m0/s1. The summed E-state index contributed by atoms with van der Waals surface area (Å²) in [7, 11) is -3.65. The highest BCUT2D eigenvalue weighted by molar-refractivity contribution is 7.89. The molecular formula is C22H25ClN2O5S. The van der Waals surface area contributed by atoms with E-state index < -0.39 is 10.0 Å². The average molecular weight is 465 g/mol. The van der Waals surface area contributed by atoms with Gasteiger partial charge in [-0.15, -0.1) is 0 Å². The molecule has 2 aromatic carbocycles. The van der Waals surface area contributed by atoms with Crippen molar-refractivity contribution in [1.82, 2.24) is 9.62 Å². The number of halogens is 1. The molecule has 166 valence electrons. The molecule has 0 saturated carbocycles. The van der Waals surface area contributed by atoms with Crippen molar-refractivity contribution < 1.29 is 22.7 Å². The average Bonchev–Trinajstić information content (AvgIpc) is 2.79. The first-order valence-corrected chi connectivity index (χ1v) is 12.1. The van der Waals surface area contributed by atoms with E-state index in [0.29, 0.717) is 26.3 Å². The maximum absolute atomic E-state index is 12.7. The Hall–Kier alpha value is -2.13. The van der Waals surface area contributed by atoms with Crippen molar-refractivity contribution in [2.24, 2.45) is 0 Å². The van der Waals surface area contributed by atoms with Crippen LogP contribution in [0.5, 0.6) is 5.75 Å². The van der Waals surface area contributed by atoms with Crippen molar-refractivity contribution in [2.75, 3.05) is 32.9 Å². The fourth-order valence-corrected chi connectivity index (χ4v) is 5.71. The SMILES string of the molecule is O=C(COc1ccc(S(=O)(=O)N2CCOCC2)cc1Cl)N[C@H]1CCCc2ccccc21. The van der Waals surface area contributed by atoms with Gasteiger partial charge >= 0.3 is 0 Å². The van der Waals surface area contributed by atoms with Gasteiger partial charge in [0, 0.05) is 13.1 Å². The number of morpholine rings is 1. The van der Waals surface area contributed by atoms with Gasteiger partial charge in [-0.05, 0) is 48.6 Å². The Kier molecular flexibility index (Phi) is 6.81. The van der Waals surface area contributed by atoms with Crippen molar-refractivity contribution in [2.45, 2.75) is 30.2 Å². The lowest BCUT2D eigenvalue weighted by molar-refractivity contribution is -0.123. The summed E-state index contributed by atoms with van der Waals surface area (Å²) in [6.07, 6.45) is 2.93. The van der Waals surface area contributed by atoms with Gasteiger partial charge in [0.15, 0.2) is 6.61 Å². The molecule has 1 aliphatic heterocycles. The molecule has 1 fully saturated rings. The molecular weight excluding hydrogens is 440 g/mol. The minimum Gasteiger partial charge on any atom is -0.482 e. The lowest BCUT2D eigenvalue weighted by atomic mass is 9.88. The van der Waals surface area contributed by atoms with E-state index in [1.165, 1.54) is 28.1 Å². The molecule has 1 aliphatic carbocycles. The molecule has 4 rings (SSSR count). The van der Waals surface area contributed by atoms with Crippen LogP contribution in [0.2, 0.25) is 5.02 Å². The van der Waals surface area contributed by atoms with Crippen LogP contribution in [0.4, 0.5) is 0 Å². The van der Waals surface area contributed by atoms with Gasteiger partial charge in [0.2, 0.25) is 10.0 Å². The third kappa shape index (κ3) is 5.03. The maximum atomic E-state index is 12.7. The Bertz CT molecular complexity index is 1050. The van der Waals surface area contributed by atoms with Crippen LogP contribution in [0.15, 0.2) is 47.4 Å². The third-order valence-electron chi connectivity index (χ3n) is 5.57. The fraction of sp³-hybridized carbons (Fsp3) is 0.409. The summed E-state index contributed by atoms with van der Waals surface area (Å²) in [5, 5.41) is 3.17. The number of benzene rings is 2. The number of carbonyl (C=O) groups excluding carboxylic acids is 1. The van der Waals surface area contributed by atoms with Crippen LogP contribution in [0, 0.1) is 0 Å². The van der Waals surface area contributed by atoms with Gasteiger partial charge in [0.25, 0.3) is 5.91 Å². The van der Waals surface area contributed by atoms with Gasteiger partial charge < -0.3 is 14.8 Å². The quantitative estimate of drug-likeness (QED) is 0.710. The minimum absolute atomic E-state index is 0.0300. The van der Waals surface area contributed by atoms with Gasteiger partial charge in [-0.25, -0.2) is 8.42 Å². The highest BCUT2D eigenvalue weighted by atomic mass is 35.5.